The van der Waals surface area contributed by atoms with Crippen molar-refractivity contribution in [2.45, 2.75) is 32.4 Å². The number of hydrogen-bond donors (Lipinski definition) is 3. The molecular weight excluding hydrogens is 432 g/mol. The molecule has 1 aromatic carbocycles. The van der Waals surface area contributed by atoms with E-state index in [1.165, 1.54) is 0 Å². The lowest BCUT2D eigenvalue weighted by atomic mass is 10.1. The lowest BCUT2D eigenvalue weighted by Gasteiger charge is -2.35. The summed E-state index contributed by atoms with van der Waals surface area (Å²) in [6, 6.07) is 10.8. The monoisotopic (exact) mass is 462 g/mol. The van der Waals surface area contributed by atoms with E-state index in [-0.39, 0.29) is 17.8 Å². The molecule has 0 radical (unpaired) electrons. The third kappa shape index (κ3) is 5.72. The molecule has 34 heavy (non-hydrogen) atoms. The van der Waals surface area contributed by atoms with Crippen LogP contribution in [0.5, 0.6) is 0 Å². The Kier molecular flexibility index (Phi) is 7.41. The van der Waals surface area contributed by atoms with Crippen molar-refractivity contribution < 1.29 is 14.4 Å². The number of carbonyl (C=O) groups excluding carboxylic acids is 3. The molecule has 3 heterocycles. The second-order valence-electron chi connectivity index (χ2n) is 8.47. The van der Waals surface area contributed by atoms with Crippen LogP contribution >= 0.6 is 0 Å². The van der Waals surface area contributed by atoms with E-state index in [9.17, 15) is 14.4 Å². The Morgan fingerprint density at radius 3 is 2.50 bits per heavy atom. The summed E-state index contributed by atoms with van der Waals surface area (Å²) in [7, 11) is 0. The third-order valence-electron chi connectivity index (χ3n) is 6.15. The first-order chi connectivity index (χ1) is 16.5. The van der Waals surface area contributed by atoms with Gasteiger partial charge in [0.2, 0.25) is 11.8 Å². The number of amides is 4. The maximum Gasteiger partial charge on any atom is 0.318 e. The standard InChI is InChI=1S/C25H30N6O3/c1-18(24(33)28-16-19-8-10-26-11-9-19)29-25(34)31-14-12-30(13-15-31)23(32)7-6-20-17-27-22-5-3-2-4-21(20)22/h2-5,8-11,17-18,27H,6-7,12-16H2,1H3,(H,28,33)(H,29,34)/t18-/m0/s1. The molecule has 1 aliphatic heterocycles. The normalized spacial score (nSPS) is 14.6. The molecule has 1 saturated heterocycles. The van der Waals surface area contributed by atoms with E-state index in [4.69, 9.17) is 0 Å². The zero-order valence-corrected chi connectivity index (χ0v) is 19.3. The van der Waals surface area contributed by atoms with Gasteiger partial charge in [0.25, 0.3) is 0 Å². The fraction of sp³-hybridized carbons (Fsp3) is 0.360. The highest BCUT2D eigenvalue weighted by Gasteiger charge is 2.26. The summed E-state index contributed by atoms with van der Waals surface area (Å²) in [6.45, 7) is 3.89. The summed E-state index contributed by atoms with van der Waals surface area (Å²) < 4.78 is 0. The molecule has 1 aliphatic rings. The fourth-order valence-corrected chi connectivity index (χ4v) is 4.08. The Bertz CT molecular complexity index is 1140. The summed E-state index contributed by atoms with van der Waals surface area (Å²) in [5.41, 5.74) is 3.15. The van der Waals surface area contributed by atoms with E-state index in [0.29, 0.717) is 45.6 Å². The summed E-state index contributed by atoms with van der Waals surface area (Å²) in [6.07, 6.45) is 6.41. The van der Waals surface area contributed by atoms with Gasteiger partial charge in [-0.25, -0.2) is 4.79 Å². The molecule has 9 nitrogen and oxygen atoms in total. The van der Waals surface area contributed by atoms with Gasteiger partial charge in [-0.05, 0) is 42.7 Å². The lowest BCUT2D eigenvalue weighted by Crippen LogP contribution is -2.56. The Morgan fingerprint density at radius 2 is 1.74 bits per heavy atom. The number of benzene rings is 1. The number of H-pyrrole nitrogens is 1. The number of carbonyl (C=O) groups is 3. The first kappa shape index (κ1) is 23.3. The van der Waals surface area contributed by atoms with E-state index in [1.54, 1.807) is 24.2 Å². The summed E-state index contributed by atoms with van der Waals surface area (Å²) >= 11 is 0. The van der Waals surface area contributed by atoms with Crippen molar-refractivity contribution in [3.63, 3.8) is 0 Å². The van der Waals surface area contributed by atoms with Crippen molar-refractivity contribution in [3.05, 3.63) is 66.1 Å². The van der Waals surface area contributed by atoms with Crippen LogP contribution in [0.2, 0.25) is 0 Å². The van der Waals surface area contributed by atoms with Crippen molar-refractivity contribution in [2.75, 3.05) is 26.2 Å². The highest BCUT2D eigenvalue weighted by atomic mass is 16.2. The highest BCUT2D eigenvalue weighted by molar-refractivity contribution is 5.87. The molecular formula is C25H30N6O3. The second-order valence-corrected chi connectivity index (χ2v) is 8.47. The third-order valence-corrected chi connectivity index (χ3v) is 6.15. The van der Waals surface area contributed by atoms with Gasteiger partial charge in [0, 0.05) is 68.6 Å². The van der Waals surface area contributed by atoms with Crippen LogP contribution in [-0.2, 0) is 22.6 Å². The molecule has 0 aliphatic carbocycles. The average molecular weight is 463 g/mol. The van der Waals surface area contributed by atoms with Crippen molar-refractivity contribution in [3.8, 4) is 0 Å². The molecule has 1 fully saturated rings. The SMILES string of the molecule is C[C@H](NC(=O)N1CCN(C(=O)CCc2c[nH]c3ccccc23)CC1)C(=O)NCc1ccncc1. The number of nitrogens with zero attached hydrogens (tertiary/aromatic N) is 3. The first-order valence-electron chi connectivity index (χ1n) is 11.6. The van der Waals surface area contributed by atoms with Gasteiger partial charge >= 0.3 is 6.03 Å². The van der Waals surface area contributed by atoms with E-state index >= 15 is 0 Å². The average Bonchev–Trinajstić information content (AvgIpc) is 3.29. The van der Waals surface area contributed by atoms with Crippen molar-refractivity contribution in [2.24, 2.45) is 0 Å². The van der Waals surface area contributed by atoms with E-state index in [2.05, 4.69) is 26.7 Å². The second kappa shape index (κ2) is 10.8. The summed E-state index contributed by atoms with van der Waals surface area (Å²) in [5.74, 6) is -0.162. The maximum absolute atomic E-state index is 12.7. The summed E-state index contributed by atoms with van der Waals surface area (Å²) in [4.78, 5) is 48.2. The van der Waals surface area contributed by atoms with E-state index in [1.807, 2.05) is 41.4 Å². The van der Waals surface area contributed by atoms with Crippen LogP contribution in [0.15, 0.2) is 55.0 Å². The van der Waals surface area contributed by atoms with Gasteiger partial charge in [-0.15, -0.1) is 0 Å². The maximum atomic E-state index is 12.7. The molecule has 4 amide bonds. The number of aromatic amines is 1. The number of aryl methyl sites for hydroxylation is 1. The number of nitrogens with one attached hydrogen (secondary N) is 3. The molecule has 0 spiro atoms. The number of urea groups is 1. The van der Waals surface area contributed by atoms with Gasteiger partial charge in [0.05, 0.1) is 0 Å². The molecule has 3 N–H and O–H groups in total. The van der Waals surface area contributed by atoms with Crippen LogP contribution in [0.4, 0.5) is 4.79 Å². The molecule has 9 heteroatoms. The van der Waals surface area contributed by atoms with Crippen LogP contribution in [0.1, 0.15) is 24.5 Å². The Labute approximate surface area is 198 Å². The minimum absolute atomic E-state index is 0.0918. The number of fused-ring (bicyclic) bond motifs is 1. The van der Waals surface area contributed by atoms with Gasteiger partial charge in [0.15, 0.2) is 0 Å². The van der Waals surface area contributed by atoms with Gasteiger partial charge in [-0.2, -0.15) is 0 Å². The van der Waals surface area contributed by atoms with Crippen LogP contribution in [0.25, 0.3) is 10.9 Å². The smallest absolute Gasteiger partial charge is 0.318 e. The minimum Gasteiger partial charge on any atom is -0.361 e. The quantitative estimate of drug-likeness (QED) is 0.499. The number of para-hydroxylation sites is 1. The molecule has 4 rings (SSSR count). The molecule has 0 bridgehead atoms. The van der Waals surface area contributed by atoms with Gasteiger partial charge in [-0.3, -0.25) is 14.6 Å². The predicted molar refractivity (Wildman–Crippen MR) is 129 cm³/mol. The van der Waals surface area contributed by atoms with Gasteiger partial charge in [0.1, 0.15) is 6.04 Å². The predicted octanol–water partition coefficient (Wildman–Crippen LogP) is 2.05. The van der Waals surface area contributed by atoms with Gasteiger partial charge < -0.3 is 25.4 Å². The zero-order valence-electron chi connectivity index (χ0n) is 19.3. The van der Waals surface area contributed by atoms with Gasteiger partial charge in [-0.1, -0.05) is 18.2 Å². The van der Waals surface area contributed by atoms with Crippen molar-refractivity contribution in [1.82, 2.24) is 30.4 Å². The number of piperazine rings is 1. The highest BCUT2D eigenvalue weighted by Crippen LogP contribution is 2.19. The molecule has 0 saturated carbocycles. The van der Waals surface area contributed by atoms with Crippen molar-refractivity contribution >= 4 is 28.7 Å². The van der Waals surface area contributed by atoms with Crippen LogP contribution < -0.4 is 10.6 Å². The zero-order chi connectivity index (χ0) is 23.9. The number of rotatable bonds is 7. The van der Waals surface area contributed by atoms with Crippen LogP contribution in [0.3, 0.4) is 0 Å². The molecule has 178 valence electrons. The van der Waals surface area contributed by atoms with Crippen LogP contribution in [-0.4, -0.2) is 69.8 Å². The first-order valence-corrected chi connectivity index (χ1v) is 11.6. The number of aromatic nitrogens is 2. The Morgan fingerprint density at radius 1 is 1.03 bits per heavy atom. The Balaban J connectivity index is 1.18. The van der Waals surface area contributed by atoms with E-state index in [0.717, 1.165) is 22.0 Å². The molecule has 2 aromatic heterocycles. The largest absolute Gasteiger partial charge is 0.361 e. The minimum atomic E-state index is -0.662. The summed E-state index contributed by atoms with van der Waals surface area (Å²) in [5, 5.41) is 6.71. The lowest BCUT2D eigenvalue weighted by molar-refractivity contribution is -0.132. The number of pyridine rings is 1. The molecule has 0 unspecified atom stereocenters. The number of hydrogen-bond acceptors (Lipinski definition) is 4. The van der Waals surface area contributed by atoms with E-state index < -0.39 is 6.04 Å². The topological polar surface area (TPSA) is 110 Å². The fourth-order valence-electron chi connectivity index (χ4n) is 4.08. The van der Waals surface area contributed by atoms with Crippen molar-refractivity contribution in [1.29, 1.82) is 0 Å². The molecule has 1 atom stereocenters. The van der Waals surface area contributed by atoms with Crippen LogP contribution in [0, 0.1) is 0 Å². The molecule has 3 aromatic rings. The Hall–Kier alpha value is -3.88.